The minimum absolute atomic E-state index is 0.887. The minimum Gasteiger partial charge on any atom is -0.354 e. The van der Waals surface area contributed by atoms with Crippen LogP contribution in [0.5, 0.6) is 0 Å². The highest BCUT2D eigenvalue weighted by Crippen LogP contribution is 2.24. The maximum Gasteiger partial charge on any atom is 0.159 e. The molecule has 1 saturated heterocycles. The van der Waals surface area contributed by atoms with Crippen molar-refractivity contribution in [3.8, 4) is 0 Å². The summed E-state index contributed by atoms with van der Waals surface area (Å²) in [7, 11) is 0. The van der Waals surface area contributed by atoms with E-state index in [1.54, 1.807) is 0 Å². The highest BCUT2D eigenvalue weighted by molar-refractivity contribution is 5.81. The number of para-hydroxylation sites is 1. The van der Waals surface area contributed by atoms with Crippen LogP contribution in [0.1, 0.15) is 11.1 Å². The SMILES string of the molecule is Cc1cc2ccccc2nc1N1CCN(Cc2cnn3cccnc23)CC1. The topological polar surface area (TPSA) is 49.6 Å². The second-order valence-electron chi connectivity index (χ2n) is 7.14. The second kappa shape index (κ2) is 6.63. The number of piperazine rings is 1. The molecule has 0 radical (unpaired) electrons. The minimum atomic E-state index is 0.887. The van der Waals surface area contributed by atoms with Gasteiger partial charge in [-0.3, -0.25) is 4.90 Å². The lowest BCUT2D eigenvalue weighted by Gasteiger charge is -2.36. The van der Waals surface area contributed by atoms with E-state index in [0.717, 1.165) is 49.7 Å². The Balaban J connectivity index is 1.31. The molecule has 4 aromatic rings. The number of aryl methyl sites for hydroxylation is 1. The first kappa shape index (κ1) is 16.2. The van der Waals surface area contributed by atoms with Gasteiger partial charge in [-0.1, -0.05) is 18.2 Å². The fraction of sp³-hybridized carbons (Fsp3) is 0.286. The predicted molar refractivity (Wildman–Crippen MR) is 107 cm³/mol. The van der Waals surface area contributed by atoms with Crippen molar-refractivity contribution in [1.29, 1.82) is 0 Å². The average molecular weight is 358 g/mol. The van der Waals surface area contributed by atoms with Crippen LogP contribution in [-0.4, -0.2) is 50.7 Å². The molecule has 3 aromatic heterocycles. The van der Waals surface area contributed by atoms with Crippen LogP contribution >= 0.6 is 0 Å². The molecular weight excluding hydrogens is 336 g/mol. The molecule has 1 aromatic carbocycles. The zero-order chi connectivity index (χ0) is 18.2. The molecular formula is C21H22N6. The molecule has 1 fully saturated rings. The third-order valence-electron chi connectivity index (χ3n) is 5.31. The number of nitrogens with zero attached hydrogens (tertiary/aromatic N) is 6. The fourth-order valence-corrected chi connectivity index (χ4v) is 3.88. The van der Waals surface area contributed by atoms with E-state index in [-0.39, 0.29) is 0 Å². The maximum absolute atomic E-state index is 4.92. The van der Waals surface area contributed by atoms with Crippen LogP contribution in [0.2, 0.25) is 0 Å². The summed E-state index contributed by atoms with van der Waals surface area (Å²) in [6, 6.07) is 12.5. The van der Waals surface area contributed by atoms with Crippen LogP contribution in [0.4, 0.5) is 5.82 Å². The van der Waals surface area contributed by atoms with Crippen LogP contribution in [0.25, 0.3) is 16.6 Å². The normalized spacial score (nSPS) is 15.7. The van der Waals surface area contributed by atoms with E-state index in [0.29, 0.717) is 0 Å². The number of pyridine rings is 1. The maximum atomic E-state index is 4.92. The Hall–Kier alpha value is -2.99. The van der Waals surface area contributed by atoms with Crippen molar-refractivity contribution in [2.45, 2.75) is 13.5 Å². The highest BCUT2D eigenvalue weighted by atomic mass is 15.3. The summed E-state index contributed by atoms with van der Waals surface area (Å²) in [6.45, 7) is 7.04. The monoisotopic (exact) mass is 358 g/mol. The Labute approximate surface area is 158 Å². The number of benzene rings is 1. The van der Waals surface area contributed by atoms with Gasteiger partial charge in [0.05, 0.1) is 11.7 Å². The number of hydrogen-bond acceptors (Lipinski definition) is 5. The fourth-order valence-electron chi connectivity index (χ4n) is 3.88. The molecule has 0 spiro atoms. The molecule has 4 heterocycles. The van der Waals surface area contributed by atoms with Gasteiger partial charge in [-0.2, -0.15) is 5.10 Å². The number of anilines is 1. The van der Waals surface area contributed by atoms with Crippen molar-refractivity contribution in [2.24, 2.45) is 0 Å². The van der Waals surface area contributed by atoms with E-state index in [9.17, 15) is 0 Å². The number of rotatable bonds is 3. The Morgan fingerprint density at radius 3 is 2.78 bits per heavy atom. The first-order valence-electron chi connectivity index (χ1n) is 9.39. The van der Waals surface area contributed by atoms with Gasteiger partial charge in [0, 0.05) is 56.1 Å². The van der Waals surface area contributed by atoms with Crippen molar-refractivity contribution in [3.63, 3.8) is 0 Å². The largest absolute Gasteiger partial charge is 0.354 e. The van der Waals surface area contributed by atoms with Crippen LogP contribution in [0.15, 0.2) is 55.0 Å². The number of hydrogen-bond donors (Lipinski definition) is 0. The van der Waals surface area contributed by atoms with Gasteiger partial charge < -0.3 is 4.90 Å². The van der Waals surface area contributed by atoms with Crippen molar-refractivity contribution >= 4 is 22.4 Å². The van der Waals surface area contributed by atoms with E-state index in [4.69, 9.17) is 4.98 Å². The first-order valence-corrected chi connectivity index (χ1v) is 9.39. The Bertz CT molecular complexity index is 1090. The molecule has 5 rings (SSSR count). The quantitative estimate of drug-likeness (QED) is 0.564. The van der Waals surface area contributed by atoms with Gasteiger partial charge >= 0.3 is 0 Å². The summed E-state index contributed by atoms with van der Waals surface area (Å²) in [5, 5.41) is 5.60. The Morgan fingerprint density at radius 1 is 1.04 bits per heavy atom. The molecule has 0 N–H and O–H groups in total. The third kappa shape index (κ3) is 3.02. The molecule has 0 amide bonds. The smallest absolute Gasteiger partial charge is 0.159 e. The molecule has 6 heteroatoms. The Kier molecular flexibility index (Phi) is 3.98. The number of aromatic nitrogens is 4. The Morgan fingerprint density at radius 2 is 1.89 bits per heavy atom. The van der Waals surface area contributed by atoms with Gasteiger partial charge in [0.1, 0.15) is 5.82 Å². The molecule has 1 aliphatic rings. The lowest BCUT2D eigenvalue weighted by atomic mass is 10.1. The summed E-state index contributed by atoms with van der Waals surface area (Å²) in [5.41, 5.74) is 4.45. The first-order chi connectivity index (χ1) is 13.3. The van der Waals surface area contributed by atoms with E-state index < -0.39 is 0 Å². The lowest BCUT2D eigenvalue weighted by molar-refractivity contribution is 0.250. The predicted octanol–water partition coefficient (Wildman–Crippen LogP) is 2.91. The molecule has 0 bridgehead atoms. The zero-order valence-corrected chi connectivity index (χ0v) is 15.4. The van der Waals surface area contributed by atoms with Gasteiger partial charge in [-0.15, -0.1) is 0 Å². The zero-order valence-electron chi connectivity index (χ0n) is 15.4. The molecule has 136 valence electrons. The molecule has 0 unspecified atom stereocenters. The van der Waals surface area contributed by atoms with Gasteiger partial charge in [0.2, 0.25) is 0 Å². The highest BCUT2D eigenvalue weighted by Gasteiger charge is 2.21. The van der Waals surface area contributed by atoms with Gasteiger partial charge in [-0.05, 0) is 30.7 Å². The van der Waals surface area contributed by atoms with Crippen LogP contribution in [0.3, 0.4) is 0 Å². The van der Waals surface area contributed by atoms with E-state index in [2.05, 4.69) is 57.1 Å². The third-order valence-corrected chi connectivity index (χ3v) is 5.31. The van der Waals surface area contributed by atoms with Crippen molar-refractivity contribution in [2.75, 3.05) is 31.1 Å². The summed E-state index contributed by atoms with van der Waals surface area (Å²) >= 11 is 0. The number of fused-ring (bicyclic) bond motifs is 2. The van der Waals surface area contributed by atoms with E-state index in [1.807, 2.05) is 29.2 Å². The summed E-state index contributed by atoms with van der Waals surface area (Å²) in [5.74, 6) is 1.12. The van der Waals surface area contributed by atoms with E-state index >= 15 is 0 Å². The van der Waals surface area contributed by atoms with Gasteiger partial charge in [-0.25, -0.2) is 14.5 Å². The van der Waals surface area contributed by atoms with Crippen LogP contribution < -0.4 is 4.90 Å². The molecule has 6 nitrogen and oxygen atoms in total. The second-order valence-corrected chi connectivity index (χ2v) is 7.14. The summed E-state index contributed by atoms with van der Waals surface area (Å²) in [6.07, 6.45) is 5.70. The molecule has 1 aliphatic heterocycles. The van der Waals surface area contributed by atoms with Crippen molar-refractivity contribution in [1.82, 2.24) is 24.5 Å². The van der Waals surface area contributed by atoms with Crippen molar-refractivity contribution < 1.29 is 0 Å². The van der Waals surface area contributed by atoms with Crippen LogP contribution in [0, 0.1) is 6.92 Å². The standard InChI is InChI=1S/C21H22N6/c1-16-13-17-5-2-3-6-19(17)24-20(16)26-11-9-25(10-12-26)15-18-14-23-27-8-4-7-22-21(18)27/h2-8,13-14H,9-12,15H2,1H3. The lowest BCUT2D eigenvalue weighted by Crippen LogP contribution is -2.46. The summed E-state index contributed by atoms with van der Waals surface area (Å²) < 4.78 is 1.84. The average Bonchev–Trinajstić information content (AvgIpc) is 3.11. The molecule has 0 saturated carbocycles. The van der Waals surface area contributed by atoms with Crippen molar-refractivity contribution in [3.05, 3.63) is 66.1 Å². The van der Waals surface area contributed by atoms with Crippen LogP contribution in [-0.2, 0) is 6.54 Å². The molecule has 27 heavy (non-hydrogen) atoms. The molecule has 0 aliphatic carbocycles. The molecule has 0 atom stereocenters. The summed E-state index contributed by atoms with van der Waals surface area (Å²) in [4.78, 5) is 14.3. The van der Waals surface area contributed by atoms with Gasteiger partial charge in [0.15, 0.2) is 5.65 Å². The van der Waals surface area contributed by atoms with Gasteiger partial charge in [0.25, 0.3) is 0 Å². The van der Waals surface area contributed by atoms with E-state index in [1.165, 1.54) is 16.5 Å².